The molecule has 0 aliphatic heterocycles. The Morgan fingerprint density at radius 3 is 2.26 bits per heavy atom. The van der Waals surface area contributed by atoms with E-state index in [0.717, 1.165) is 30.7 Å². The van der Waals surface area contributed by atoms with E-state index in [4.69, 9.17) is 4.74 Å². The molecule has 1 N–H and O–H groups in total. The minimum absolute atomic E-state index is 0.0704. The van der Waals surface area contributed by atoms with Gasteiger partial charge in [-0.05, 0) is 37.8 Å². The highest BCUT2D eigenvalue weighted by Gasteiger charge is 2.32. The molecule has 10 heteroatoms. The summed E-state index contributed by atoms with van der Waals surface area (Å²) < 4.78 is 55.9. The SMILES string of the molecule is O=C(NC1CCC(Oc2ncc(F)cn2)CC1)c1ccc(C(F)(F)F)nc1. The van der Waals surface area contributed by atoms with Crippen LogP contribution in [0.25, 0.3) is 0 Å². The van der Waals surface area contributed by atoms with Gasteiger partial charge in [0.25, 0.3) is 5.91 Å². The van der Waals surface area contributed by atoms with Crippen LogP contribution in [-0.4, -0.2) is 33.0 Å². The van der Waals surface area contributed by atoms with Gasteiger partial charge in [0.1, 0.15) is 11.8 Å². The van der Waals surface area contributed by atoms with E-state index in [1.165, 1.54) is 0 Å². The van der Waals surface area contributed by atoms with E-state index in [1.54, 1.807) is 0 Å². The molecule has 1 aliphatic rings. The Labute approximate surface area is 152 Å². The monoisotopic (exact) mass is 384 g/mol. The number of nitrogens with zero attached hydrogens (tertiary/aromatic N) is 3. The number of halogens is 4. The van der Waals surface area contributed by atoms with Gasteiger partial charge < -0.3 is 10.1 Å². The number of pyridine rings is 1. The van der Waals surface area contributed by atoms with Crippen LogP contribution in [0.2, 0.25) is 0 Å². The van der Waals surface area contributed by atoms with E-state index in [1.807, 2.05) is 0 Å². The molecule has 2 aromatic heterocycles. The zero-order chi connectivity index (χ0) is 19.4. The molecular weight excluding hydrogens is 368 g/mol. The maximum absolute atomic E-state index is 12.8. The second kappa shape index (κ2) is 7.85. The lowest BCUT2D eigenvalue weighted by Crippen LogP contribution is -2.39. The number of ether oxygens (including phenoxy) is 1. The van der Waals surface area contributed by atoms with Crippen molar-refractivity contribution in [1.82, 2.24) is 20.3 Å². The number of alkyl halides is 3. The molecule has 0 saturated heterocycles. The van der Waals surface area contributed by atoms with Crippen molar-refractivity contribution < 1.29 is 27.1 Å². The largest absolute Gasteiger partial charge is 0.460 e. The molecule has 0 atom stereocenters. The summed E-state index contributed by atoms with van der Waals surface area (Å²) in [4.78, 5) is 22.9. The summed E-state index contributed by atoms with van der Waals surface area (Å²) in [6.07, 6.45) is 0.806. The molecular formula is C17H16F4N4O2. The Morgan fingerprint density at radius 1 is 1.04 bits per heavy atom. The molecule has 3 rings (SSSR count). The molecule has 27 heavy (non-hydrogen) atoms. The molecule has 6 nitrogen and oxygen atoms in total. The Balaban J connectivity index is 1.48. The molecule has 0 radical (unpaired) electrons. The quantitative estimate of drug-likeness (QED) is 0.820. The van der Waals surface area contributed by atoms with Gasteiger partial charge in [0.2, 0.25) is 0 Å². The third-order valence-electron chi connectivity index (χ3n) is 4.19. The van der Waals surface area contributed by atoms with Crippen molar-refractivity contribution in [3.05, 3.63) is 47.8 Å². The zero-order valence-electron chi connectivity index (χ0n) is 14.0. The Hall–Kier alpha value is -2.78. The highest BCUT2D eigenvalue weighted by molar-refractivity contribution is 5.94. The molecule has 0 aromatic carbocycles. The molecule has 0 unspecified atom stereocenters. The van der Waals surface area contributed by atoms with E-state index in [9.17, 15) is 22.4 Å². The van der Waals surface area contributed by atoms with Crippen molar-refractivity contribution >= 4 is 5.91 Å². The molecule has 2 heterocycles. The van der Waals surface area contributed by atoms with E-state index in [-0.39, 0.29) is 23.7 Å². The third kappa shape index (κ3) is 5.11. The summed E-state index contributed by atoms with van der Waals surface area (Å²) >= 11 is 0. The molecule has 1 amide bonds. The Morgan fingerprint density at radius 2 is 1.70 bits per heavy atom. The van der Waals surface area contributed by atoms with Gasteiger partial charge in [0, 0.05) is 12.2 Å². The molecule has 1 fully saturated rings. The van der Waals surface area contributed by atoms with Crippen LogP contribution < -0.4 is 10.1 Å². The van der Waals surface area contributed by atoms with Crippen molar-refractivity contribution in [1.29, 1.82) is 0 Å². The van der Waals surface area contributed by atoms with Crippen LogP contribution in [0, 0.1) is 5.82 Å². The number of carbonyl (C=O) groups is 1. The van der Waals surface area contributed by atoms with Gasteiger partial charge in [-0.2, -0.15) is 13.2 Å². The summed E-state index contributed by atoms with van der Waals surface area (Å²) in [7, 11) is 0. The summed E-state index contributed by atoms with van der Waals surface area (Å²) in [5.74, 6) is -1.02. The lowest BCUT2D eigenvalue weighted by atomic mass is 9.93. The molecule has 0 bridgehead atoms. The number of carbonyl (C=O) groups excluding carboxylic acids is 1. The average molecular weight is 384 g/mol. The predicted octanol–water partition coefficient (Wildman–Crippen LogP) is 3.15. The first-order valence-corrected chi connectivity index (χ1v) is 8.29. The first-order chi connectivity index (χ1) is 12.8. The molecule has 144 valence electrons. The van der Waals surface area contributed by atoms with Crippen molar-refractivity contribution in [2.24, 2.45) is 0 Å². The summed E-state index contributed by atoms with van der Waals surface area (Å²) in [6.45, 7) is 0. The zero-order valence-corrected chi connectivity index (χ0v) is 14.0. The van der Waals surface area contributed by atoms with Crippen LogP contribution in [0.3, 0.4) is 0 Å². The van der Waals surface area contributed by atoms with Gasteiger partial charge in [-0.1, -0.05) is 0 Å². The van der Waals surface area contributed by atoms with Crippen molar-refractivity contribution in [2.75, 3.05) is 0 Å². The normalized spacial score (nSPS) is 20.1. The lowest BCUT2D eigenvalue weighted by molar-refractivity contribution is -0.141. The highest BCUT2D eigenvalue weighted by Crippen LogP contribution is 2.27. The summed E-state index contributed by atoms with van der Waals surface area (Å²) in [6, 6.07) is 1.86. The maximum atomic E-state index is 12.8. The average Bonchev–Trinajstić information content (AvgIpc) is 2.64. The standard InChI is InChI=1S/C17H16F4N4O2/c18-11-8-23-16(24-9-11)27-13-4-2-12(3-5-13)25-15(26)10-1-6-14(22-7-10)17(19,20)21/h1,6-9,12-13H,2-5H2,(H,25,26). The first kappa shape index (κ1) is 19.0. The van der Waals surface area contributed by atoms with Gasteiger partial charge >= 0.3 is 12.2 Å². The topological polar surface area (TPSA) is 77.0 Å². The number of hydrogen-bond donors (Lipinski definition) is 1. The minimum Gasteiger partial charge on any atom is -0.460 e. The molecule has 2 aromatic rings. The van der Waals surface area contributed by atoms with Crippen molar-refractivity contribution in [3.63, 3.8) is 0 Å². The second-order valence-corrected chi connectivity index (χ2v) is 6.18. The summed E-state index contributed by atoms with van der Waals surface area (Å²) in [5, 5.41) is 2.79. The third-order valence-corrected chi connectivity index (χ3v) is 4.19. The fraction of sp³-hybridized carbons (Fsp3) is 0.412. The van der Waals surface area contributed by atoms with E-state index in [2.05, 4.69) is 20.3 Å². The van der Waals surface area contributed by atoms with Gasteiger partial charge in [-0.15, -0.1) is 0 Å². The summed E-state index contributed by atoms with van der Waals surface area (Å²) in [5.41, 5.74) is -0.971. The van der Waals surface area contributed by atoms with Crippen LogP contribution in [-0.2, 0) is 6.18 Å². The van der Waals surface area contributed by atoms with Gasteiger partial charge in [0.15, 0.2) is 5.82 Å². The molecule has 1 saturated carbocycles. The van der Waals surface area contributed by atoms with Crippen LogP contribution in [0.1, 0.15) is 41.7 Å². The number of rotatable bonds is 4. The number of nitrogens with one attached hydrogen (secondary N) is 1. The van der Waals surface area contributed by atoms with Crippen molar-refractivity contribution in [3.8, 4) is 6.01 Å². The van der Waals surface area contributed by atoms with Crippen molar-refractivity contribution in [2.45, 2.75) is 44.0 Å². The fourth-order valence-corrected chi connectivity index (χ4v) is 2.80. The Bertz CT molecular complexity index is 773. The maximum Gasteiger partial charge on any atom is 0.433 e. The lowest BCUT2D eigenvalue weighted by Gasteiger charge is -2.28. The fourth-order valence-electron chi connectivity index (χ4n) is 2.80. The Kier molecular flexibility index (Phi) is 5.52. The van der Waals surface area contributed by atoms with Gasteiger partial charge in [0.05, 0.1) is 18.0 Å². The number of aromatic nitrogens is 3. The van der Waals surface area contributed by atoms with Crippen LogP contribution in [0.5, 0.6) is 6.01 Å². The van der Waals surface area contributed by atoms with Gasteiger partial charge in [-0.3, -0.25) is 9.78 Å². The molecule has 1 aliphatic carbocycles. The van der Waals surface area contributed by atoms with Crippen LogP contribution in [0.15, 0.2) is 30.7 Å². The number of amides is 1. The smallest absolute Gasteiger partial charge is 0.433 e. The highest BCUT2D eigenvalue weighted by atomic mass is 19.4. The van der Waals surface area contributed by atoms with E-state index >= 15 is 0 Å². The molecule has 0 spiro atoms. The van der Waals surface area contributed by atoms with Gasteiger partial charge in [-0.25, -0.2) is 14.4 Å². The van der Waals surface area contributed by atoms with E-state index in [0.29, 0.717) is 25.7 Å². The number of hydrogen-bond acceptors (Lipinski definition) is 5. The minimum atomic E-state index is -4.54. The second-order valence-electron chi connectivity index (χ2n) is 6.18. The first-order valence-electron chi connectivity index (χ1n) is 8.29. The van der Waals surface area contributed by atoms with Crippen LogP contribution in [0.4, 0.5) is 17.6 Å². The van der Waals surface area contributed by atoms with Crippen LogP contribution >= 0.6 is 0 Å². The predicted molar refractivity (Wildman–Crippen MR) is 85.4 cm³/mol. The van der Waals surface area contributed by atoms with E-state index < -0.39 is 23.6 Å².